The molecule has 0 aromatic heterocycles. The Morgan fingerprint density at radius 1 is 0.824 bits per heavy atom. The highest BCUT2D eigenvalue weighted by atomic mass is 32.2. The van der Waals surface area contributed by atoms with E-state index in [0.29, 0.717) is 22.5 Å². The van der Waals surface area contributed by atoms with Crippen molar-refractivity contribution in [2.45, 2.75) is 18.7 Å². The number of carbonyl (C=O) groups excluding carboxylic acids is 2. The molecule has 0 aliphatic heterocycles. The molecule has 3 rings (SSSR count). The van der Waals surface area contributed by atoms with Crippen LogP contribution in [0.25, 0.3) is 0 Å². The van der Waals surface area contributed by atoms with E-state index in [4.69, 9.17) is 12.2 Å². The lowest BCUT2D eigenvalue weighted by molar-refractivity contribution is 0.0600. The molecule has 8 nitrogen and oxygen atoms in total. The van der Waals surface area contributed by atoms with E-state index < -0.39 is 21.9 Å². The number of esters is 1. The molecular formula is C24H23N3O5S2. The van der Waals surface area contributed by atoms with Crippen LogP contribution in [0.2, 0.25) is 0 Å². The van der Waals surface area contributed by atoms with E-state index in [9.17, 15) is 18.0 Å². The van der Waals surface area contributed by atoms with Crippen LogP contribution in [-0.2, 0) is 14.8 Å². The number of nitrogens with one attached hydrogen (secondary N) is 3. The third-order valence-electron chi connectivity index (χ3n) is 4.69. The maximum absolute atomic E-state index is 12.7. The van der Waals surface area contributed by atoms with Gasteiger partial charge in [-0.15, -0.1) is 0 Å². The van der Waals surface area contributed by atoms with E-state index in [1.165, 1.54) is 43.5 Å². The molecule has 0 radical (unpaired) electrons. The summed E-state index contributed by atoms with van der Waals surface area (Å²) in [6.07, 6.45) is 0. The van der Waals surface area contributed by atoms with Crippen LogP contribution < -0.4 is 15.4 Å². The number of benzene rings is 3. The number of anilines is 2. The number of aryl methyl sites for hydroxylation is 2. The lowest BCUT2D eigenvalue weighted by atomic mass is 10.1. The van der Waals surface area contributed by atoms with Crippen molar-refractivity contribution in [3.05, 3.63) is 89.0 Å². The van der Waals surface area contributed by atoms with Gasteiger partial charge >= 0.3 is 5.97 Å². The minimum Gasteiger partial charge on any atom is -0.465 e. The van der Waals surface area contributed by atoms with Crippen LogP contribution in [0.1, 0.15) is 31.8 Å². The smallest absolute Gasteiger partial charge is 0.337 e. The maximum atomic E-state index is 12.7. The van der Waals surface area contributed by atoms with Crippen molar-refractivity contribution in [3.63, 3.8) is 0 Å². The Morgan fingerprint density at radius 2 is 1.38 bits per heavy atom. The molecule has 34 heavy (non-hydrogen) atoms. The quantitative estimate of drug-likeness (QED) is 0.348. The number of thiocarbonyl (C=S) groups is 1. The second-order valence-corrected chi connectivity index (χ2v) is 9.57. The predicted molar refractivity (Wildman–Crippen MR) is 135 cm³/mol. The summed E-state index contributed by atoms with van der Waals surface area (Å²) in [6.45, 7) is 3.79. The van der Waals surface area contributed by atoms with Gasteiger partial charge in [0, 0.05) is 16.9 Å². The van der Waals surface area contributed by atoms with Crippen molar-refractivity contribution in [3.8, 4) is 0 Å². The zero-order chi connectivity index (χ0) is 24.9. The maximum Gasteiger partial charge on any atom is 0.337 e. The first-order valence-corrected chi connectivity index (χ1v) is 12.0. The lowest BCUT2D eigenvalue weighted by Gasteiger charge is -2.12. The highest BCUT2D eigenvalue weighted by Gasteiger charge is 2.15. The summed E-state index contributed by atoms with van der Waals surface area (Å²) < 4.78 is 32.6. The van der Waals surface area contributed by atoms with Gasteiger partial charge in [0.05, 0.1) is 17.6 Å². The summed E-state index contributed by atoms with van der Waals surface area (Å²) >= 11 is 5.17. The van der Waals surface area contributed by atoms with E-state index >= 15 is 0 Å². The van der Waals surface area contributed by atoms with Crippen LogP contribution in [0.15, 0.2) is 71.6 Å². The Bertz CT molecular complexity index is 1320. The number of sulfonamides is 1. The Kier molecular flexibility index (Phi) is 7.64. The summed E-state index contributed by atoms with van der Waals surface area (Å²) in [5, 5.41) is 5.40. The second kappa shape index (κ2) is 10.4. The first-order chi connectivity index (χ1) is 16.1. The van der Waals surface area contributed by atoms with Gasteiger partial charge < -0.3 is 10.1 Å². The van der Waals surface area contributed by atoms with Gasteiger partial charge in [-0.25, -0.2) is 13.2 Å². The third kappa shape index (κ3) is 6.40. The van der Waals surface area contributed by atoms with Crippen LogP contribution in [0.3, 0.4) is 0 Å². The molecule has 0 unspecified atom stereocenters. The normalized spacial score (nSPS) is 10.8. The summed E-state index contributed by atoms with van der Waals surface area (Å²) in [5.74, 6) is -0.968. The number of rotatable bonds is 6. The molecule has 0 heterocycles. The topological polar surface area (TPSA) is 114 Å². The lowest BCUT2D eigenvalue weighted by Crippen LogP contribution is -2.34. The van der Waals surface area contributed by atoms with Crippen molar-refractivity contribution in [2.75, 3.05) is 17.1 Å². The van der Waals surface area contributed by atoms with Crippen LogP contribution in [0.4, 0.5) is 11.4 Å². The predicted octanol–water partition coefficient (Wildman–Crippen LogP) is 4.02. The molecule has 0 aliphatic carbocycles. The summed E-state index contributed by atoms with van der Waals surface area (Å²) in [6, 6.07) is 17.3. The van der Waals surface area contributed by atoms with Gasteiger partial charge in [-0.3, -0.25) is 14.8 Å². The van der Waals surface area contributed by atoms with Crippen LogP contribution >= 0.6 is 12.2 Å². The van der Waals surface area contributed by atoms with Gasteiger partial charge in [-0.1, -0.05) is 6.07 Å². The van der Waals surface area contributed by atoms with Gasteiger partial charge in [-0.2, -0.15) is 0 Å². The highest BCUT2D eigenvalue weighted by Crippen LogP contribution is 2.20. The zero-order valence-corrected chi connectivity index (χ0v) is 20.3. The Hall–Kier alpha value is -3.76. The molecule has 3 aromatic carbocycles. The molecule has 0 aliphatic rings. The number of hydrogen-bond donors (Lipinski definition) is 3. The first-order valence-electron chi connectivity index (χ1n) is 10.1. The number of ether oxygens (including phenoxy) is 1. The van der Waals surface area contributed by atoms with Gasteiger partial charge in [0.25, 0.3) is 15.9 Å². The molecule has 0 fully saturated rings. The third-order valence-corrected chi connectivity index (χ3v) is 6.29. The summed E-state index contributed by atoms with van der Waals surface area (Å²) in [7, 11) is -2.50. The van der Waals surface area contributed by atoms with Crippen molar-refractivity contribution in [1.82, 2.24) is 5.32 Å². The summed E-state index contributed by atoms with van der Waals surface area (Å²) in [4.78, 5) is 23.9. The van der Waals surface area contributed by atoms with Crippen LogP contribution in [0, 0.1) is 13.8 Å². The minimum atomic E-state index is -3.77. The molecule has 1 amide bonds. The number of carbonyl (C=O) groups is 2. The molecule has 0 bridgehead atoms. The fraction of sp³-hybridized carbons (Fsp3) is 0.125. The molecule has 176 valence electrons. The molecule has 0 saturated carbocycles. The number of amides is 1. The number of methoxy groups -OCH3 is 1. The second-order valence-electron chi connectivity index (χ2n) is 7.48. The Balaban J connectivity index is 1.61. The monoisotopic (exact) mass is 497 g/mol. The van der Waals surface area contributed by atoms with Gasteiger partial charge in [0.1, 0.15) is 0 Å². The molecule has 10 heteroatoms. The molecule has 3 aromatic rings. The van der Waals surface area contributed by atoms with Crippen molar-refractivity contribution in [2.24, 2.45) is 0 Å². The fourth-order valence-electron chi connectivity index (χ4n) is 3.18. The van der Waals surface area contributed by atoms with E-state index in [-0.39, 0.29) is 10.0 Å². The molecule has 0 spiro atoms. The average molecular weight is 498 g/mol. The molecular weight excluding hydrogens is 474 g/mol. The first kappa shape index (κ1) is 24.9. The minimum absolute atomic E-state index is 0.0333. The van der Waals surface area contributed by atoms with Crippen LogP contribution in [0.5, 0.6) is 0 Å². The SMILES string of the molecule is COC(=O)c1ccc(C(=O)NC(=S)Nc2ccc(S(=O)(=O)Nc3cc(C)cc(C)c3)cc2)cc1. The van der Waals surface area contributed by atoms with Crippen molar-refractivity contribution < 1.29 is 22.7 Å². The summed E-state index contributed by atoms with van der Waals surface area (Å²) in [5.41, 5.74) is 3.51. The van der Waals surface area contributed by atoms with E-state index in [1.807, 2.05) is 19.9 Å². The van der Waals surface area contributed by atoms with Crippen molar-refractivity contribution in [1.29, 1.82) is 0 Å². The van der Waals surface area contributed by atoms with E-state index in [0.717, 1.165) is 11.1 Å². The molecule has 0 atom stereocenters. The van der Waals surface area contributed by atoms with Gasteiger partial charge in [0.15, 0.2) is 5.11 Å². The fourth-order valence-corrected chi connectivity index (χ4v) is 4.43. The largest absolute Gasteiger partial charge is 0.465 e. The van der Waals surface area contributed by atoms with Crippen LogP contribution in [-0.4, -0.2) is 32.5 Å². The van der Waals surface area contributed by atoms with E-state index in [2.05, 4.69) is 20.1 Å². The van der Waals surface area contributed by atoms with Crippen molar-refractivity contribution >= 4 is 50.6 Å². The molecule has 0 saturated heterocycles. The Labute approximate surface area is 203 Å². The standard InChI is InChI=1S/C24H23N3O5S2/c1-15-12-16(2)14-20(13-15)27-34(30,31)21-10-8-19(9-11-21)25-24(33)26-22(28)17-4-6-18(7-5-17)23(29)32-3/h4-14,27H,1-3H3,(H2,25,26,28,33). The van der Waals surface area contributed by atoms with E-state index in [1.54, 1.807) is 24.3 Å². The molecule has 3 N–H and O–H groups in total. The highest BCUT2D eigenvalue weighted by molar-refractivity contribution is 7.92. The zero-order valence-electron chi connectivity index (χ0n) is 18.7. The Morgan fingerprint density at radius 3 is 1.94 bits per heavy atom. The van der Waals surface area contributed by atoms with Gasteiger partial charge in [0.2, 0.25) is 0 Å². The average Bonchev–Trinajstić information content (AvgIpc) is 2.78. The number of hydrogen-bond acceptors (Lipinski definition) is 6. The van der Waals surface area contributed by atoms with Gasteiger partial charge in [-0.05, 0) is 97.9 Å².